The normalized spacial score (nSPS) is 42.0. The van der Waals surface area contributed by atoms with Gasteiger partial charge in [0.25, 0.3) is 0 Å². The minimum Gasteiger partial charge on any atom is -0.481 e. The number of carboxylic acids is 1. The maximum atomic E-state index is 12.0. The van der Waals surface area contributed by atoms with E-state index in [0.29, 0.717) is 25.7 Å². The number of aliphatic hydroxyl groups is 2. The molecule has 2 rings (SSSR count). The zero-order chi connectivity index (χ0) is 18.3. The van der Waals surface area contributed by atoms with Crippen LogP contribution < -0.4 is 0 Å². The molecule has 2 aliphatic rings. The van der Waals surface area contributed by atoms with Gasteiger partial charge in [0.05, 0.1) is 17.1 Å². The number of hydrogen-bond donors (Lipinski definition) is 3. The van der Waals surface area contributed by atoms with Gasteiger partial charge in [-0.05, 0) is 68.8 Å². The van der Waals surface area contributed by atoms with Gasteiger partial charge in [-0.3, -0.25) is 4.79 Å². The molecule has 2 saturated carbocycles. The number of rotatable bonds is 5. The molecule has 2 aliphatic carbocycles. The van der Waals surface area contributed by atoms with Crippen LogP contribution in [0.2, 0.25) is 0 Å². The Morgan fingerprint density at radius 1 is 1.42 bits per heavy atom. The number of carbonyl (C=O) groups is 1. The van der Waals surface area contributed by atoms with E-state index in [1.807, 2.05) is 6.92 Å². The van der Waals surface area contributed by atoms with Crippen LogP contribution >= 0.6 is 0 Å². The van der Waals surface area contributed by atoms with E-state index in [4.69, 9.17) is 0 Å². The molecule has 0 saturated heterocycles. The average molecular weight is 336 g/mol. The first-order valence-corrected chi connectivity index (χ1v) is 8.94. The lowest BCUT2D eigenvalue weighted by atomic mass is 9.46. The van der Waals surface area contributed by atoms with Crippen LogP contribution in [0.3, 0.4) is 0 Å². The van der Waals surface area contributed by atoms with Crippen molar-refractivity contribution in [2.45, 2.75) is 71.0 Å². The summed E-state index contributed by atoms with van der Waals surface area (Å²) >= 11 is 0. The molecule has 0 aromatic carbocycles. The van der Waals surface area contributed by atoms with E-state index in [1.54, 1.807) is 6.92 Å². The number of aliphatic hydroxyl groups excluding tert-OH is 1. The molecule has 3 N–H and O–H groups in total. The van der Waals surface area contributed by atoms with Crippen molar-refractivity contribution < 1.29 is 20.1 Å². The van der Waals surface area contributed by atoms with Gasteiger partial charge < -0.3 is 15.3 Å². The lowest BCUT2D eigenvalue weighted by Gasteiger charge is -2.58. The van der Waals surface area contributed by atoms with E-state index in [0.717, 1.165) is 18.4 Å². The van der Waals surface area contributed by atoms with E-state index in [-0.39, 0.29) is 17.3 Å². The first-order valence-electron chi connectivity index (χ1n) is 8.94. The Hall–Kier alpha value is -1.13. The monoisotopic (exact) mass is 336 g/mol. The third-order valence-corrected chi connectivity index (χ3v) is 6.97. The van der Waals surface area contributed by atoms with E-state index in [9.17, 15) is 20.1 Å². The van der Waals surface area contributed by atoms with Gasteiger partial charge in [-0.25, -0.2) is 0 Å². The van der Waals surface area contributed by atoms with Gasteiger partial charge in [-0.15, -0.1) is 6.58 Å². The SMILES string of the molecule is C=CC(C)(O)CCC1C(=C)C(O)CC2C(C)(C(=O)O)CCCC12C. The number of carboxylic acid groups (broad SMARTS) is 1. The second kappa shape index (κ2) is 6.30. The second-order valence-corrected chi connectivity index (χ2v) is 8.61. The van der Waals surface area contributed by atoms with Gasteiger partial charge in [0, 0.05) is 0 Å². The fourth-order valence-electron chi connectivity index (χ4n) is 5.20. The molecule has 2 fully saturated rings. The summed E-state index contributed by atoms with van der Waals surface area (Å²) in [5, 5.41) is 30.6. The molecule has 0 spiro atoms. The highest BCUT2D eigenvalue weighted by Gasteiger charge is 2.59. The van der Waals surface area contributed by atoms with Crippen LogP contribution in [0.1, 0.15) is 59.3 Å². The van der Waals surface area contributed by atoms with Crippen LogP contribution in [0.15, 0.2) is 24.8 Å². The smallest absolute Gasteiger partial charge is 0.309 e. The molecule has 0 heterocycles. The molecule has 0 bridgehead atoms. The van der Waals surface area contributed by atoms with Crippen molar-refractivity contribution >= 4 is 5.97 Å². The Labute approximate surface area is 145 Å². The summed E-state index contributed by atoms with van der Waals surface area (Å²) in [7, 11) is 0. The lowest BCUT2D eigenvalue weighted by molar-refractivity contribution is -0.167. The van der Waals surface area contributed by atoms with E-state index < -0.39 is 23.1 Å². The lowest BCUT2D eigenvalue weighted by Crippen LogP contribution is -2.56. The van der Waals surface area contributed by atoms with Crippen molar-refractivity contribution in [1.29, 1.82) is 0 Å². The van der Waals surface area contributed by atoms with Crippen molar-refractivity contribution in [2.75, 3.05) is 0 Å². The summed E-state index contributed by atoms with van der Waals surface area (Å²) in [4.78, 5) is 12.0. The maximum Gasteiger partial charge on any atom is 0.309 e. The van der Waals surface area contributed by atoms with E-state index in [1.165, 1.54) is 6.08 Å². The highest BCUT2D eigenvalue weighted by molar-refractivity contribution is 5.75. The van der Waals surface area contributed by atoms with E-state index >= 15 is 0 Å². The minimum absolute atomic E-state index is 0.0108. The van der Waals surface area contributed by atoms with Gasteiger partial charge in [-0.1, -0.05) is 26.0 Å². The molecular weight excluding hydrogens is 304 g/mol. The summed E-state index contributed by atoms with van der Waals surface area (Å²) in [6.45, 7) is 13.5. The largest absolute Gasteiger partial charge is 0.481 e. The zero-order valence-corrected chi connectivity index (χ0v) is 15.2. The van der Waals surface area contributed by atoms with Gasteiger partial charge in [0.2, 0.25) is 0 Å². The molecule has 0 aromatic rings. The molecule has 0 radical (unpaired) electrons. The topological polar surface area (TPSA) is 77.8 Å². The van der Waals surface area contributed by atoms with Crippen LogP contribution in [-0.4, -0.2) is 33.0 Å². The van der Waals surface area contributed by atoms with Crippen LogP contribution in [0, 0.1) is 22.7 Å². The Morgan fingerprint density at radius 2 is 2.04 bits per heavy atom. The van der Waals surface area contributed by atoms with Crippen molar-refractivity contribution in [2.24, 2.45) is 22.7 Å². The Kier molecular flexibility index (Phi) is 5.04. The molecule has 6 unspecified atom stereocenters. The third kappa shape index (κ3) is 3.06. The average Bonchev–Trinajstić information content (AvgIpc) is 2.49. The number of fused-ring (bicyclic) bond motifs is 1. The Bertz CT molecular complexity index is 538. The van der Waals surface area contributed by atoms with Crippen LogP contribution in [0.5, 0.6) is 0 Å². The highest BCUT2D eigenvalue weighted by Crippen LogP contribution is 2.62. The summed E-state index contributed by atoms with van der Waals surface area (Å²) in [6.07, 6.45) is 5.00. The Balaban J connectivity index is 2.36. The Morgan fingerprint density at radius 3 is 2.58 bits per heavy atom. The summed E-state index contributed by atoms with van der Waals surface area (Å²) in [5.41, 5.74) is -1.19. The summed E-state index contributed by atoms with van der Waals surface area (Å²) in [6, 6.07) is 0. The molecule has 0 aromatic heterocycles. The zero-order valence-electron chi connectivity index (χ0n) is 15.2. The fourth-order valence-corrected chi connectivity index (χ4v) is 5.20. The predicted molar refractivity (Wildman–Crippen MR) is 94.5 cm³/mol. The molecule has 4 heteroatoms. The van der Waals surface area contributed by atoms with Crippen LogP contribution in [-0.2, 0) is 4.79 Å². The van der Waals surface area contributed by atoms with Crippen molar-refractivity contribution in [3.8, 4) is 0 Å². The standard InChI is InChI=1S/C20H32O4/c1-6-18(3,24)11-8-14-13(2)15(21)12-16-19(14,4)9-7-10-20(16,5)17(22)23/h6,14-16,21,24H,1-2,7-12H2,3-5H3,(H,22,23). The molecule has 0 amide bonds. The first kappa shape index (κ1) is 19.2. The predicted octanol–water partition coefficient (Wildman–Crippen LogP) is 3.54. The van der Waals surface area contributed by atoms with Crippen molar-refractivity contribution in [3.05, 3.63) is 24.8 Å². The quantitative estimate of drug-likeness (QED) is 0.671. The molecule has 24 heavy (non-hydrogen) atoms. The number of aliphatic carboxylic acids is 1. The summed E-state index contributed by atoms with van der Waals surface area (Å²) < 4.78 is 0. The third-order valence-electron chi connectivity index (χ3n) is 6.97. The van der Waals surface area contributed by atoms with Crippen LogP contribution in [0.4, 0.5) is 0 Å². The molecular formula is C20H32O4. The van der Waals surface area contributed by atoms with Crippen LogP contribution in [0.25, 0.3) is 0 Å². The molecule has 4 nitrogen and oxygen atoms in total. The van der Waals surface area contributed by atoms with E-state index in [2.05, 4.69) is 20.1 Å². The van der Waals surface area contributed by atoms with Gasteiger partial charge in [0.15, 0.2) is 0 Å². The first-order chi connectivity index (χ1) is 11.0. The van der Waals surface area contributed by atoms with Crippen molar-refractivity contribution in [3.63, 3.8) is 0 Å². The second-order valence-electron chi connectivity index (χ2n) is 8.61. The maximum absolute atomic E-state index is 12.0. The molecule has 0 aliphatic heterocycles. The molecule has 136 valence electrons. The summed E-state index contributed by atoms with van der Waals surface area (Å²) in [5.74, 6) is -0.845. The van der Waals surface area contributed by atoms with Gasteiger partial charge in [0.1, 0.15) is 0 Å². The van der Waals surface area contributed by atoms with Crippen molar-refractivity contribution in [1.82, 2.24) is 0 Å². The molecule has 6 atom stereocenters. The number of hydrogen-bond acceptors (Lipinski definition) is 3. The van der Waals surface area contributed by atoms with Gasteiger partial charge in [-0.2, -0.15) is 0 Å². The van der Waals surface area contributed by atoms with Gasteiger partial charge >= 0.3 is 5.97 Å². The minimum atomic E-state index is -0.959. The highest BCUT2D eigenvalue weighted by atomic mass is 16.4. The fraction of sp³-hybridized carbons (Fsp3) is 0.750.